The van der Waals surface area contributed by atoms with Gasteiger partial charge in [0.15, 0.2) is 12.2 Å². The van der Waals surface area contributed by atoms with Crippen molar-refractivity contribution in [1.29, 1.82) is 0 Å². The number of hydrogen-bond acceptors (Lipinski definition) is 4. The average Bonchev–Trinajstić information content (AvgIpc) is 3.15. The Hall–Kier alpha value is -2.63. The second-order valence-electron chi connectivity index (χ2n) is 6.33. The van der Waals surface area contributed by atoms with Crippen molar-refractivity contribution in [2.75, 3.05) is 13.1 Å². The maximum Gasteiger partial charge on any atom is 0.311 e. The Balaban J connectivity index is 1.59. The van der Waals surface area contributed by atoms with Crippen molar-refractivity contribution in [2.24, 2.45) is 11.3 Å². The number of carboxylic acid groups (broad SMARTS) is 1. The first-order valence-electron chi connectivity index (χ1n) is 7.62. The molecule has 1 saturated carbocycles. The number of fused-ring (bicyclic) bond motifs is 1. The van der Waals surface area contributed by atoms with Gasteiger partial charge < -0.3 is 14.4 Å². The highest BCUT2D eigenvalue weighted by Crippen LogP contribution is 2.52. The van der Waals surface area contributed by atoms with Gasteiger partial charge in [0.25, 0.3) is 5.91 Å². The molecule has 2 aliphatic rings. The van der Waals surface area contributed by atoms with Crippen LogP contribution in [0.15, 0.2) is 41.3 Å². The first kappa shape index (κ1) is 14.0. The zero-order valence-corrected chi connectivity index (χ0v) is 12.4. The second kappa shape index (κ2) is 4.94. The van der Waals surface area contributed by atoms with Crippen LogP contribution in [0.1, 0.15) is 23.2 Å². The van der Waals surface area contributed by atoms with Gasteiger partial charge in [0.05, 0.1) is 11.6 Å². The normalized spacial score (nSPS) is 25.7. The van der Waals surface area contributed by atoms with Crippen LogP contribution in [0.2, 0.25) is 0 Å². The summed E-state index contributed by atoms with van der Waals surface area (Å²) < 4.78 is 5.26. The quantitative estimate of drug-likeness (QED) is 0.940. The summed E-state index contributed by atoms with van der Waals surface area (Å²) in [6, 6.07) is 7.15. The molecule has 1 saturated heterocycles. The summed E-state index contributed by atoms with van der Waals surface area (Å²) >= 11 is 0. The zero-order valence-electron chi connectivity index (χ0n) is 12.4. The van der Waals surface area contributed by atoms with Crippen LogP contribution in [0.5, 0.6) is 0 Å². The second-order valence-corrected chi connectivity index (χ2v) is 6.33. The van der Waals surface area contributed by atoms with Crippen molar-refractivity contribution >= 4 is 11.9 Å². The number of nitrogens with zero attached hydrogens (tertiary/aromatic N) is 2. The largest absolute Gasteiger partial charge is 0.481 e. The third-order valence-corrected chi connectivity index (χ3v) is 5.17. The standard InChI is InChI=1S/C17H16N2O4/c20-15(19-8-13-4-5-17(13,9-19)16(21)22)12-3-1-2-11(6-12)14-7-18-10-23-14/h1-3,6-7,10,13H,4-5,8-9H2,(H,21,22)/t13-,17-/m0/s1. The van der Waals surface area contributed by atoms with Crippen LogP contribution in [0.4, 0.5) is 0 Å². The Kier molecular flexibility index (Phi) is 3.01. The summed E-state index contributed by atoms with van der Waals surface area (Å²) in [5.74, 6) is -0.217. The number of rotatable bonds is 3. The first-order chi connectivity index (χ1) is 11.1. The Morgan fingerprint density at radius 3 is 2.87 bits per heavy atom. The molecule has 1 N–H and O–H groups in total. The Morgan fingerprint density at radius 2 is 2.26 bits per heavy atom. The molecule has 2 heterocycles. The van der Waals surface area contributed by atoms with Gasteiger partial charge in [-0.25, -0.2) is 4.98 Å². The van der Waals surface area contributed by atoms with E-state index in [1.807, 2.05) is 6.07 Å². The number of aromatic nitrogens is 1. The van der Waals surface area contributed by atoms with Crippen molar-refractivity contribution in [3.8, 4) is 11.3 Å². The van der Waals surface area contributed by atoms with Gasteiger partial charge in [0.1, 0.15) is 0 Å². The van der Waals surface area contributed by atoms with Gasteiger partial charge >= 0.3 is 5.97 Å². The van der Waals surface area contributed by atoms with Crippen LogP contribution in [-0.4, -0.2) is 40.0 Å². The number of oxazole rings is 1. The average molecular weight is 312 g/mol. The third-order valence-electron chi connectivity index (χ3n) is 5.17. The lowest BCUT2D eigenvalue weighted by Gasteiger charge is -2.39. The lowest BCUT2D eigenvalue weighted by molar-refractivity contribution is -0.156. The fraction of sp³-hybridized carbons (Fsp3) is 0.353. The van der Waals surface area contributed by atoms with Gasteiger partial charge in [-0.05, 0) is 30.9 Å². The minimum Gasteiger partial charge on any atom is -0.481 e. The van der Waals surface area contributed by atoms with Gasteiger partial charge in [-0.1, -0.05) is 12.1 Å². The van der Waals surface area contributed by atoms with Crippen LogP contribution in [-0.2, 0) is 4.79 Å². The molecule has 2 atom stereocenters. The van der Waals surface area contributed by atoms with Crippen LogP contribution >= 0.6 is 0 Å². The Labute approximate surface area is 132 Å². The fourth-order valence-electron chi connectivity index (χ4n) is 3.69. The van der Waals surface area contributed by atoms with Crippen LogP contribution in [0.25, 0.3) is 11.3 Å². The highest BCUT2D eigenvalue weighted by Gasteiger charge is 2.59. The van der Waals surface area contributed by atoms with E-state index in [1.54, 1.807) is 29.3 Å². The number of aliphatic carboxylic acids is 1. The monoisotopic (exact) mass is 312 g/mol. The maximum absolute atomic E-state index is 12.7. The number of hydrogen-bond donors (Lipinski definition) is 1. The number of carbonyl (C=O) groups is 2. The molecule has 2 aromatic rings. The maximum atomic E-state index is 12.7. The Morgan fingerprint density at radius 1 is 1.39 bits per heavy atom. The molecule has 1 aromatic carbocycles. The van der Waals surface area contributed by atoms with E-state index in [9.17, 15) is 14.7 Å². The van der Waals surface area contributed by atoms with E-state index >= 15 is 0 Å². The molecule has 0 radical (unpaired) electrons. The van der Waals surface area contributed by atoms with E-state index in [0.717, 1.165) is 12.0 Å². The molecule has 1 aliphatic carbocycles. The Bertz CT molecular complexity index is 771. The lowest BCUT2D eigenvalue weighted by Crippen LogP contribution is -2.46. The van der Waals surface area contributed by atoms with E-state index in [0.29, 0.717) is 30.8 Å². The molecule has 1 aromatic heterocycles. The highest BCUT2D eigenvalue weighted by atomic mass is 16.4. The number of amides is 1. The molecular formula is C17H16N2O4. The molecule has 118 valence electrons. The number of carbonyl (C=O) groups excluding carboxylic acids is 1. The fourth-order valence-corrected chi connectivity index (χ4v) is 3.69. The summed E-state index contributed by atoms with van der Waals surface area (Å²) in [6.45, 7) is 0.829. The first-order valence-corrected chi connectivity index (χ1v) is 7.62. The third kappa shape index (κ3) is 2.05. The molecule has 1 amide bonds. The number of benzene rings is 1. The molecule has 0 spiro atoms. The van der Waals surface area contributed by atoms with E-state index in [-0.39, 0.29) is 11.8 Å². The summed E-state index contributed by atoms with van der Waals surface area (Å²) in [7, 11) is 0. The molecule has 4 rings (SSSR count). The summed E-state index contributed by atoms with van der Waals surface area (Å²) in [5, 5.41) is 9.48. The van der Waals surface area contributed by atoms with Crippen molar-refractivity contribution in [1.82, 2.24) is 9.88 Å². The van der Waals surface area contributed by atoms with E-state index in [4.69, 9.17) is 4.42 Å². The van der Waals surface area contributed by atoms with Gasteiger partial charge in [-0.3, -0.25) is 9.59 Å². The lowest BCUT2D eigenvalue weighted by atomic mass is 9.62. The summed E-state index contributed by atoms with van der Waals surface area (Å²) in [5.41, 5.74) is 0.599. The van der Waals surface area contributed by atoms with Crippen molar-refractivity contribution in [2.45, 2.75) is 12.8 Å². The predicted octanol–water partition coefficient (Wildman–Crippen LogP) is 2.28. The molecule has 0 unspecified atom stereocenters. The molecule has 1 aliphatic heterocycles. The molecule has 6 nitrogen and oxygen atoms in total. The van der Waals surface area contributed by atoms with Crippen molar-refractivity contribution < 1.29 is 19.1 Å². The molecule has 0 bridgehead atoms. The van der Waals surface area contributed by atoms with Crippen LogP contribution in [0.3, 0.4) is 0 Å². The van der Waals surface area contributed by atoms with Gasteiger partial charge in [-0.15, -0.1) is 0 Å². The summed E-state index contributed by atoms with van der Waals surface area (Å²) in [6.07, 6.45) is 4.49. The topological polar surface area (TPSA) is 83.6 Å². The number of carboxylic acids is 1. The SMILES string of the molecule is O=C(c1cccc(-c2cnco2)c1)N1C[C@@H]2CC[C@]2(C(=O)O)C1. The zero-order chi connectivity index (χ0) is 16.0. The molecule has 23 heavy (non-hydrogen) atoms. The molecular weight excluding hydrogens is 296 g/mol. The van der Waals surface area contributed by atoms with Gasteiger partial charge in [0, 0.05) is 24.2 Å². The smallest absolute Gasteiger partial charge is 0.311 e. The molecule has 6 heteroatoms. The van der Waals surface area contributed by atoms with Crippen molar-refractivity contribution in [3.63, 3.8) is 0 Å². The van der Waals surface area contributed by atoms with E-state index in [1.165, 1.54) is 6.39 Å². The van der Waals surface area contributed by atoms with E-state index < -0.39 is 11.4 Å². The summed E-state index contributed by atoms with van der Waals surface area (Å²) in [4.78, 5) is 29.8. The minimum absolute atomic E-state index is 0.0846. The van der Waals surface area contributed by atoms with Gasteiger partial charge in [0.2, 0.25) is 0 Å². The minimum atomic E-state index is -0.778. The predicted molar refractivity (Wildman–Crippen MR) is 80.6 cm³/mol. The van der Waals surface area contributed by atoms with Crippen molar-refractivity contribution in [3.05, 3.63) is 42.4 Å². The van der Waals surface area contributed by atoms with Crippen LogP contribution in [0, 0.1) is 11.3 Å². The number of likely N-dealkylation sites (tertiary alicyclic amines) is 1. The highest BCUT2D eigenvalue weighted by molar-refractivity contribution is 5.96. The van der Waals surface area contributed by atoms with Crippen LogP contribution < -0.4 is 0 Å². The molecule has 2 fully saturated rings. The van der Waals surface area contributed by atoms with Gasteiger partial charge in [-0.2, -0.15) is 0 Å². The van der Waals surface area contributed by atoms with E-state index in [2.05, 4.69) is 4.98 Å².